The number of hydrogen-bond donors (Lipinski definition) is 1. The van der Waals surface area contributed by atoms with E-state index in [9.17, 15) is 14.4 Å². The summed E-state index contributed by atoms with van der Waals surface area (Å²) in [5.41, 5.74) is 2.49. The Balaban J connectivity index is 1.86. The van der Waals surface area contributed by atoms with Gasteiger partial charge in [0.25, 0.3) is 0 Å². The van der Waals surface area contributed by atoms with Crippen LogP contribution in [0.3, 0.4) is 0 Å². The van der Waals surface area contributed by atoms with Gasteiger partial charge in [-0.1, -0.05) is 47.5 Å². The quantitative estimate of drug-likeness (QED) is 0.264. The summed E-state index contributed by atoms with van der Waals surface area (Å²) in [4.78, 5) is 37.8. The largest absolute Gasteiger partial charge is 0.454 e. The van der Waals surface area contributed by atoms with Gasteiger partial charge in [-0.2, -0.15) is 0 Å². The average Bonchev–Trinajstić information content (AvgIpc) is 3.32. The van der Waals surface area contributed by atoms with Gasteiger partial charge in [0.2, 0.25) is 11.7 Å². The lowest BCUT2D eigenvalue weighted by molar-refractivity contribution is -0.111. The molecule has 0 saturated carbocycles. The molecule has 1 N–H and O–H groups in total. The summed E-state index contributed by atoms with van der Waals surface area (Å²) in [6.07, 6.45) is 1.45. The Hall–Kier alpha value is -2.74. The number of Topliss-reactive ketones (excluding diaryl/α,β-unsaturated/α-hetero) is 1. The van der Waals surface area contributed by atoms with Crippen LogP contribution in [0.15, 0.2) is 59.5 Å². The average molecular weight is 460 g/mol. The van der Waals surface area contributed by atoms with Crippen molar-refractivity contribution in [1.82, 2.24) is 0 Å². The van der Waals surface area contributed by atoms with Gasteiger partial charge in [-0.25, -0.2) is 4.79 Å². The number of carbonyl (C=O) groups is 3. The summed E-state index contributed by atoms with van der Waals surface area (Å²) >= 11 is 8.21. The number of ketones is 1. The van der Waals surface area contributed by atoms with Crippen molar-refractivity contribution in [3.63, 3.8) is 0 Å². The molecule has 5 nitrogen and oxygen atoms in total. The Labute approximate surface area is 187 Å². The van der Waals surface area contributed by atoms with Gasteiger partial charge in [-0.15, -0.1) is 22.7 Å². The van der Waals surface area contributed by atoms with Crippen molar-refractivity contribution < 1.29 is 19.1 Å². The molecule has 3 aromatic rings. The van der Waals surface area contributed by atoms with Gasteiger partial charge in [-0.3, -0.25) is 9.59 Å². The fraction of sp³-hybridized carbons (Fsp3) is 0.136. The Kier molecular flexibility index (Phi) is 7.20. The highest BCUT2D eigenvalue weighted by atomic mass is 35.5. The van der Waals surface area contributed by atoms with Crippen LogP contribution in [0.25, 0.3) is 11.1 Å². The Morgan fingerprint density at radius 1 is 1.10 bits per heavy atom. The Bertz CT molecular complexity index is 1110. The van der Waals surface area contributed by atoms with Crippen LogP contribution >= 0.6 is 34.3 Å². The number of carbonyl (C=O) groups excluding carboxylic acids is 3. The SMILES string of the molecule is CC(C)=CC(=O)Nc1scc(-c2ccccc2)c1C(=O)OCC(=O)c1ccc(Cl)s1. The zero-order valence-corrected chi connectivity index (χ0v) is 18.6. The summed E-state index contributed by atoms with van der Waals surface area (Å²) in [6.45, 7) is 3.20. The molecule has 8 heteroatoms. The third-order valence-electron chi connectivity index (χ3n) is 3.92. The van der Waals surface area contributed by atoms with Crippen LogP contribution in [0, 0.1) is 0 Å². The molecule has 0 radical (unpaired) electrons. The molecule has 0 aliphatic heterocycles. The third-order valence-corrected chi connectivity index (χ3v) is 6.09. The molecule has 1 aromatic carbocycles. The minimum atomic E-state index is -0.682. The van der Waals surface area contributed by atoms with Crippen molar-refractivity contribution in [3.8, 4) is 11.1 Å². The van der Waals surface area contributed by atoms with Crippen molar-refractivity contribution in [2.24, 2.45) is 0 Å². The predicted octanol–water partition coefficient (Wildman–Crippen LogP) is 6.07. The summed E-state index contributed by atoms with van der Waals surface area (Å²) < 4.78 is 5.78. The van der Waals surface area contributed by atoms with Crippen LogP contribution in [-0.4, -0.2) is 24.3 Å². The molecule has 30 heavy (non-hydrogen) atoms. The van der Waals surface area contributed by atoms with Gasteiger partial charge in [0.1, 0.15) is 10.6 Å². The topological polar surface area (TPSA) is 72.5 Å². The summed E-state index contributed by atoms with van der Waals surface area (Å²) in [6, 6.07) is 12.5. The first-order valence-corrected chi connectivity index (χ1v) is 11.0. The van der Waals surface area contributed by atoms with Gasteiger partial charge in [0.15, 0.2) is 6.61 Å². The molecule has 0 fully saturated rings. The van der Waals surface area contributed by atoms with Crippen molar-refractivity contribution >= 4 is 56.9 Å². The minimum Gasteiger partial charge on any atom is -0.454 e. The van der Waals surface area contributed by atoms with Crippen molar-refractivity contribution in [1.29, 1.82) is 0 Å². The van der Waals surface area contributed by atoms with E-state index in [1.807, 2.05) is 30.3 Å². The molecule has 0 aliphatic carbocycles. The van der Waals surface area contributed by atoms with Crippen LogP contribution in [0.2, 0.25) is 4.34 Å². The number of esters is 1. The molecule has 2 heterocycles. The minimum absolute atomic E-state index is 0.221. The number of amides is 1. The molecule has 0 saturated heterocycles. The zero-order valence-electron chi connectivity index (χ0n) is 16.2. The maximum absolute atomic E-state index is 12.9. The Morgan fingerprint density at radius 2 is 1.83 bits per heavy atom. The molecule has 0 spiro atoms. The second-order valence-electron chi connectivity index (χ2n) is 6.53. The van der Waals surface area contributed by atoms with E-state index in [-0.39, 0.29) is 17.3 Å². The normalized spacial score (nSPS) is 10.4. The van der Waals surface area contributed by atoms with Gasteiger partial charge < -0.3 is 10.1 Å². The van der Waals surface area contributed by atoms with E-state index < -0.39 is 12.6 Å². The van der Waals surface area contributed by atoms with E-state index in [4.69, 9.17) is 16.3 Å². The second-order valence-corrected chi connectivity index (χ2v) is 9.13. The van der Waals surface area contributed by atoms with E-state index in [0.29, 0.717) is 19.8 Å². The lowest BCUT2D eigenvalue weighted by Gasteiger charge is -2.09. The highest BCUT2D eigenvalue weighted by Gasteiger charge is 2.24. The van der Waals surface area contributed by atoms with Crippen molar-refractivity contribution in [2.45, 2.75) is 13.8 Å². The van der Waals surface area contributed by atoms with Crippen LogP contribution in [-0.2, 0) is 9.53 Å². The fourth-order valence-electron chi connectivity index (χ4n) is 2.63. The number of allylic oxidation sites excluding steroid dienone is 1. The first-order valence-electron chi connectivity index (χ1n) is 8.93. The van der Waals surface area contributed by atoms with Crippen molar-refractivity contribution in [3.05, 3.63) is 74.3 Å². The van der Waals surface area contributed by atoms with E-state index in [1.165, 1.54) is 17.4 Å². The van der Waals surface area contributed by atoms with Gasteiger partial charge in [-0.05, 0) is 31.5 Å². The van der Waals surface area contributed by atoms with E-state index in [1.54, 1.807) is 31.4 Å². The second kappa shape index (κ2) is 9.84. The molecular formula is C22H18ClNO4S2. The highest BCUT2D eigenvalue weighted by molar-refractivity contribution is 7.18. The zero-order chi connectivity index (χ0) is 21.7. The van der Waals surface area contributed by atoms with Gasteiger partial charge in [0.05, 0.1) is 9.21 Å². The number of hydrogen-bond acceptors (Lipinski definition) is 6. The van der Waals surface area contributed by atoms with Crippen LogP contribution in [0.5, 0.6) is 0 Å². The van der Waals surface area contributed by atoms with E-state index in [0.717, 1.165) is 22.5 Å². The first-order chi connectivity index (χ1) is 14.3. The van der Waals surface area contributed by atoms with Crippen LogP contribution in [0.1, 0.15) is 33.9 Å². The highest BCUT2D eigenvalue weighted by Crippen LogP contribution is 2.36. The molecule has 2 aromatic heterocycles. The summed E-state index contributed by atoms with van der Waals surface area (Å²) in [7, 11) is 0. The summed E-state index contributed by atoms with van der Waals surface area (Å²) in [5, 5.41) is 4.89. The molecule has 0 unspecified atom stereocenters. The van der Waals surface area contributed by atoms with Crippen LogP contribution in [0.4, 0.5) is 5.00 Å². The molecule has 1 amide bonds. The first kappa shape index (κ1) is 22.0. The van der Waals surface area contributed by atoms with Gasteiger partial charge in [0, 0.05) is 17.0 Å². The van der Waals surface area contributed by atoms with Crippen molar-refractivity contribution in [2.75, 3.05) is 11.9 Å². The maximum atomic E-state index is 12.9. The maximum Gasteiger partial charge on any atom is 0.342 e. The monoisotopic (exact) mass is 459 g/mol. The standard InChI is InChI=1S/C22H18ClNO4S2/c1-13(2)10-19(26)24-21-20(15(12-29-21)14-6-4-3-5-7-14)22(27)28-11-16(25)17-8-9-18(23)30-17/h3-10,12H,11H2,1-2H3,(H,24,26). The number of benzene rings is 1. The van der Waals surface area contributed by atoms with Crippen LogP contribution < -0.4 is 5.32 Å². The molecule has 0 atom stereocenters. The smallest absolute Gasteiger partial charge is 0.342 e. The third kappa shape index (κ3) is 5.44. The molecule has 0 aliphatic rings. The lowest BCUT2D eigenvalue weighted by Crippen LogP contribution is -2.16. The number of ether oxygens (including phenoxy) is 1. The fourth-order valence-corrected chi connectivity index (χ4v) is 4.56. The molecule has 0 bridgehead atoms. The molecule has 3 rings (SSSR count). The number of anilines is 1. The molecule has 154 valence electrons. The molecular weight excluding hydrogens is 442 g/mol. The number of halogens is 1. The predicted molar refractivity (Wildman–Crippen MR) is 122 cm³/mol. The van der Waals surface area contributed by atoms with E-state index >= 15 is 0 Å². The number of thiophene rings is 2. The Morgan fingerprint density at radius 3 is 2.47 bits per heavy atom. The van der Waals surface area contributed by atoms with Gasteiger partial charge >= 0.3 is 5.97 Å². The summed E-state index contributed by atoms with van der Waals surface area (Å²) in [5.74, 6) is -1.36. The lowest BCUT2D eigenvalue weighted by atomic mass is 10.0. The number of nitrogens with one attached hydrogen (secondary N) is 1. The van der Waals surface area contributed by atoms with E-state index in [2.05, 4.69) is 5.32 Å². The number of rotatable bonds is 7.